The Morgan fingerprint density at radius 3 is 2.02 bits per heavy atom. The molecule has 4 amide bonds. The third-order valence-electron chi connectivity index (χ3n) is 9.05. The Balaban J connectivity index is 0.00000150. The van der Waals surface area contributed by atoms with Crippen LogP contribution in [-0.4, -0.2) is 98.6 Å². The topological polar surface area (TPSA) is 251 Å². The van der Waals surface area contributed by atoms with Crippen LogP contribution in [0.3, 0.4) is 0 Å². The lowest BCUT2D eigenvalue weighted by molar-refractivity contribution is -0.142. The maximum absolute atomic E-state index is 13.9. The predicted octanol–water partition coefficient (Wildman–Crippen LogP) is 3.39. The number of nitrogens with zero attached hydrogens (tertiary/aromatic N) is 1. The number of hydrogen-bond acceptors (Lipinski definition) is 11. The molecule has 17 heteroatoms. The molecule has 4 bridgehead atoms. The average molecular weight is 846 g/mol. The first kappa shape index (κ1) is 46.5. The maximum atomic E-state index is 13.9. The van der Waals surface area contributed by atoms with Crippen molar-refractivity contribution in [2.45, 2.75) is 38.3 Å². The van der Waals surface area contributed by atoms with Crippen molar-refractivity contribution < 1.29 is 43.3 Å². The van der Waals surface area contributed by atoms with Gasteiger partial charge in [0.25, 0.3) is 5.91 Å². The minimum atomic E-state index is -1.33. The number of halogens is 1. The fourth-order valence-corrected chi connectivity index (χ4v) is 6.10. The molecule has 0 saturated heterocycles. The van der Waals surface area contributed by atoms with Crippen LogP contribution in [0.25, 0.3) is 11.1 Å². The van der Waals surface area contributed by atoms with E-state index >= 15 is 0 Å². The summed E-state index contributed by atoms with van der Waals surface area (Å²) in [5.74, 6) is -2.15. The van der Waals surface area contributed by atoms with Gasteiger partial charge in [-0.15, -0.1) is 0 Å². The third-order valence-corrected chi connectivity index (χ3v) is 9.31. The number of carbonyl (C=O) groups excluding carboxylic acids is 4. The summed E-state index contributed by atoms with van der Waals surface area (Å²) in [6.07, 6.45) is 2.31. The van der Waals surface area contributed by atoms with E-state index in [0.29, 0.717) is 50.3 Å². The van der Waals surface area contributed by atoms with Crippen LogP contribution in [0.1, 0.15) is 47.3 Å². The van der Waals surface area contributed by atoms with Gasteiger partial charge in [0.15, 0.2) is 0 Å². The molecule has 320 valence electrons. The van der Waals surface area contributed by atoms with Gasteiger partial charge in [-0.25, -0.2) is 4.79 Å². The standard InChI is InChI=1S/C39H41ClN6O9.C4H11N/c1-46(35(48)22-44-37(49)24-3-8-27(9-4-24)55-28-10-6-26(40)7-11-28)36-25-5-13-33(54-17-15-42)30(20-25)29-18-23(2-12-32(29)53-16-14-41)19-31(39(51)52)45-34(47)21-43-38(36)50;1-2-3-4-5/h2-13,18,20,31,36H,14-17,19,21-22,41-42H2,1H3,(H,43,50)(H,44,49)(H,45,47)(H,51,52);2-5H2,1H3. The summed E-state index contributed by atoms with van der Waals surface area (Å²) < 4.78 is 17.7. The van der Waals surface area contributed by atoms with E-state index in [-0.39, 0.29) is 38.3 Å². The van der Waals surface area contributed by atoms with Gasteiger partial charge in [-0.05, 0) is 96.9 Å². The summed E-state index contributed by atoms with van der Waals surface area (Å²) >= 11 is 5.93. The van der Waals surface area contributed by atoms with Gasteiger partial charge >= 0.3 is 5.97 Å². The molecule has 16 nitrogen and oxygen atoms in total. The summed E-state index contributed by atoms with van der Waals surface area (Å²) in [5, 5.41) is 18.0. The Labute approximate surface area is 353 Å². The van der Waals surface area contributed by atoms with Crippen LogP contribution in [-0.2, 0) is 25.6 Å². The van der Waals surface area contributed by atoms with Crippen LogP contribution in [0.5, 0.6) is 23.0 Å². The second-order valence-electron chi connectivity index (χ2n) is 13.6. The van der Waals surface area contributed by atoms with Crippen LogP contribution < -0.4 is 47.4 Å². The monoisotopic (exact) mass is 845 g/mol. The van der Waals surface area contributed by atoms with Crippen molar-refractivity contribution in [1.82, 2.24) is 20.9 Å². The number of ether oxygens (including phenoxy) is 3. The highest BCUT2D eigenvalue weighted by Gasteiger charge is 2.31. The van der Waals surface area contributed by atoms with Crippen LogP contribution in [0, 0.1) is 0 Å². The van der Waals surface area contributed by atoms with E-state index in [1.54, 1.807) is 72.8 Å². The molecule has 2 unspecified atom stereocenters. The highest BCUT2D eigenvalue weighted by molar-refractivity contribution is 6.30. The van der Waals surface area contributed by atoms with E-state index in [4.69, 9.17) is 43.0 Å². The molecule has 0 saturated carbocycles. The molecular formula is C43H52ClN7O9. The summed E-state index contributed by atoms with van der Waals surface area (Å²) in [7, 11) is 1.39. The first-order chi connectivity index (χ1) is 28.9. The number of rotatable bonds is 15. The molecule has 1 heterocycles. The molecule has 5 rings (SSSR count). The lowest BCUT2D eigenvalue weighted by Gasteiger charge is -2.29. The number of benzene rings is 4. The van der Waals surface area contributed by atoms with Gasteiger partial charge in [0.1, 0.15) is 48.3 Å². The molecule has 60 heavy (non-hydrogen) atoms. The second kappa shape index (κ2) is 23.4. The zero-order valence-corrected chi connectivity index (χ0v) is 34.3. The largest absolute Gasteiger partial charge is 0.492 e. The van der Waals surface area contributed by atoms with Crippen molar-refractivity contribution >= 4 is 41.2 Å². The number of aliphatic carboxylic acids is 1. The zero-order chi connectivity index (χ0) is 43.6. The molecule has 0 aromatic heterocycles. The van der Waals surface area contributed by atoms with Crippen molar-refractivity contribution in [3.05, 3.63) is 107 Å². The number of likely N-dealkylation sites (N-methyl/N-ethyl adjacent to an activating group) is 1. The first-order valence-corrected chi connectivity index (χ1v) is 19.8. The van der Waals surface area contributed by atoms with Crippen molar-refractivity contribution in [3.8, 4) is 34.1 Å². The summed E-state index contributed by atoms with van der Waals surface area (Å²) in [6, 6.07) is 20.4. The van der Waals surface area contributed by atoms with E-state index in [1.165, 1.54) is 32.0 Å². The Morgan fingerprint density at radius 2 is 1.45 bits per heavy atom. The second-order valence-corrected chi connectivity index (χ2v) is 14.0. The minimum Gasteiger partial charge on any atom is -0.492 e. The highest BCUT2D eigenvalue weighted by atomic mass is 35.5. The van der Waals surface area contributed by atoms with E-state index in [9.17, 15) is 29.1 Å². The van der Waals surface area contributed by atoms with Gasteiger partial charge in [0, 0.05) is 48.3 Å². The third kappa shape index (κ3) is 13.4. The fourth-order valence-electron chi connectivity index (χ4n) is 5.97. The van der Waals surface area contributed by atoms with Gasteiger partial charge in [-0.1, -0.05) is 37.1 Å². The number of carbonyl (C=O) groups is 5. The van der Waals surface area contributed by atoms with Gasteiger partial charge < -0.3 is 57.4 Å². The van der Waals surface area contributed by atoms with Gasteiger partial charge in [-0.3, -0.25) is 19.2 Å². The molecule has 0 fully saturated rings. The summed E-state index contributed by atoms with van der Waals surface area (Å²) in [6.45, 7) is 2.65. The normalized spacial score (nSPS) is 14.8. The maximum Gasteiger partial charge on any atom is 0.326 e. The molecule has 0 radical (unpaired) electrons. The summed E-state index contributed by atoms with van der Waals surface area (Å²) in [5.41, 5.74) is 18.7. The predicted molar refractivity (Wildman–Crippen MR) is 227 cm³/mol. The van der Waals surface area contributed by atoms with Crippen LogP contribution in [0.15, 0.2) is 84.9 Å². The van der Waals surface area contributed by atoms with Gasteiger partial charge in [0.2, 0.25) is 17.7 Å². The van der Waals surface area contributed by atoms with Crippen molar-refractivity contribution in [2.75, 3.05) is 53.0 Å². The molecule has 0 spiro atoms. The van der Waals surface area contributed by atoms with Gasteiger partial charge in [-0.2, -0.15) is 0 Å². The Morgan fingerprint density at radius 1 is 0.850 bits per heavy atom. The number of nitrogens with one attached hydrogen (secondary N) is 3. The highest BCUT2D eigenvalue weighted by Crippen LogP contribution is 2.40. The lowest BCUT2D eigenvalue weighted by atomic mass is 9.94. The number of hydrogen-bond donors (Lipinski definition) is 7. The molecule has 2 atom stereocenters. The minimum absolute atomic E-state index is 0.0786. The molecule has 1 aliphatic heterocycles. The number of amides is 4. The van der Waals surface area contributed by atoms with Crippen molar-refractivity contribution in [2.24, 2.45) is 17.2 Å². The Kier molecular flexibility index (Phi) is 18.1. The van der Waals surface area contributed by atoms with Crippen LogP contribution >= 0.6 is 11.6 Å². The van der Waals surface area contributed by atoms with Crippen molar-refractivity contribution in [3.63, 3.8) is 0 Å². The number of fused-ring (bicyclic) bond motifs is 5. The van der Waals surface area contributed by atoms with Crippen LogP contribution in [0.4, 0.5) is 0 Å². The number of unbranched alkanes of at least 4 members (excludes halogenated alkanes) is 1. The average Bonchev–Trinajstić information content (AvgIpc) is 3.24. The molecule has 4 aromatic rings. The smallest absolute Gasteiger partial charge is 0.326 e. The fraction of sp³-hybridized carbons (Fsp3) is 0.326. The molecule has 4 aromatic carbocycles. The number of carboxylic acid groups (broad SMARTS) is 1. The van der Waals surface area contributed by atoms with Crippen molar-refractivity contribution in [1.29, 1.82) is 0 Å². The SMILES string of the molecule is CCCCN.CN(C(=O)CNC(=O)c1ccc(Oc2ccc(Cl)cc2)cc1)C1C(=O)NCC(=O)NC(C(=O)O)Cc2ccc(OCCN)c(c2)-c2cc1ccc2OCCN. The number of carboxylic acids is 1. The molecule has 0 aliphatic carbocycles. The Hall–Kier alpha value is -6.20. The van der Waals surface area contributed by atoms with E-state index in [0.717, 1.165) is 11.4 Å². The van der Waals surface area contributed by atoms with E-state index in [2.05, 4.69) is 22.9 Å². The first-order valence-electron chi connectivity index (χ1n) is 19.4. The molecular weight excluding hydrogens is 794 g/mol. The zero-order valence-electron chi connectivity index (χ0n) is 33.6. The lowest BCUT2D eigenvalue weighted by Crippen LogP contribution is -2.49. The molecule has 10 N–H and O–H groups in total. The van der Waals surface area contributed by atoms with Crippen LogP contribution in [0.2, 0.25) is 5.02 Å². The van der Waals surface area contributed by atoms with E-state index in [1.807, 2.05) is 0 Å². The quantitative estimate of drug-likeness (QED) is 0.0910. The van der Waals surface area contributed by atoms with E-state index < -0.39 is 54.8 Å². The molecule has 1 aliphatic rings. The number of nitrogens with two attached hydrogens (primary N) is 3. The summed E-state index contributed by atoms with van der Waals surface area (Å²) in [4.78, 5) is 66.8. The van der Waals surface area contributed by atoms with Gasteiger partial charge in [0.05, 0.1) is 13.1 Å². The Bertz CT molecular complexity index is 2080.